The Kier molecular flexibility index (Phi) is 8.03. The summed E-state index contributed by atoms with van der Waals surface area (Å²) in [6, 6.07) is 10.2. The number of aromatic nitrogens is 4. The number of halogens is 1. The van der Waals surface area contributed by atoms with E-state index in [1.807, 2.05) is 0 Å². The van der Waals surface area contributed by atoms with Crippen molar-refractivity contribution in [3.8, 4) is 5.69 Å². The number of anilines is 1. The molecule has 0 unspecified atom stereocenters. The normalized spacial score (nSPS) is 16.1. The Bertz CT molecular complexity index is 1260. The van der Waals surface area contributed by atoms with Gasteiger partial charge >= 0.3 is 5.97 Å². The number of carboxylic acids is 1. The van der Waals surface area contributed by atoms with Gasteiger partial charge in [-0.15, -0.1) is 5.10 Å². The molecule has 1 aromatic heterocycles. The van der Waals surface area contributed by atoms with Gasteiger partial charge in [0.05, 0.1) is 11.3 Å². The number of carboxylic acid groups (broad SMARTS) is 1. The molecule has 11 nitrogen and oxygen atoms in total. The average molecular weight is 510 g/mol. The Hall–Kier alpha value is -4.09. The summed E-state index contributed by atoms with van der Waals surface area (Å²) in [4.78, 5) is 36.9. The highest BCUT2D eigenvalue weighted by Crippen LogP contribution is 2.20. The number of amides is 2. The summed E-state index contributed by atoms with van der Waals surface area (Å²) in [5.74, 6) is -1.91. The molecule has 0 spiro atoms. The van der Waals surface area contributed by atoms with Gasteiger partial charge in [0.15, 0.2) is 0 Å². The minimum Gasteiger partial charge on any atom is -0.478 e. The number of hydrogen-bond donors (Lipinski definition) is 4. The molecule has 1 aliphatic rings. The molecule has 1 saturated heterocycles. The van der Waals surface area contributed by atoms with Crippen LogP contribution in [0.25, 0.3) is 11.8 Å². The highest BCUT2D eigenvalue weighted by atomic mass is 35.5. The van der Waals surface area contributed by atoms with Crippen LogP contribution in [0.3, 0.4) is 0 Å². The smallest absolute Gasteiger partial charge is 0.335 e. The monoisotopic (exact) mass is 509 g/mol. The fourth-order valence-corrected chi connectivity index (χ4v) is 4.10. The van der Waals surface area contributed by atoms with Crippen molar-refractivity contribution in [3.63, 3.8) is 0 Å². The van der Waals surface area contributed by atoms with Crippen LogP contribution in [0.15, 0.2) is 54.9 Å². The van der Waals surface area contributed by atoms with Crippen molar-refractivity contribution < 1.29 is 19.5 Å². The second-order valence-electron chi connectivity index (χ2n) is 8.25. The van der Waals surface area contributed by atoms with Gasteiger partial charge in [-0.25, -0.2) is 4.79 Å². The third kappa shape index (κ3) is 6.52. The van der Waals surface area contributed by atoms with Gasteiger partial charge in [0.25, 0.3) is 0 Å². The quantitative estimate of drug-likeness (QED) is 0.321. The largest absolute Gasteiger partial charge is 0.478 e. The van der Waals surface area contributed by atoms with Crippen molar-refractivity contribution in [1.29, 1.82) is 0 Å². The van der Waals surface area contributed by atoms with E-state index in [-0.39, 0.29) is 11.6 Å². The molecule has 0 aliphatic carbocycles. The zero-order chi connectivity index (χ0) is 25.5. The summed E-state index contributed by atoms with van der Waals surface area (Å²) in [6.07, 6.45) is 6.64. The number of hydrogen-bond acceptors (Lipinski definition) is 7. The highest BCUT2D eigenvalue weighted by Gasteiger charge is 2.26. The number of carbonyl (C=O) groups excluding carboxylic acids is 2. The number of aromatic carboxylic acids is 1. The Labute approximate surface area is 211 Å². The lowest BCUT2D eigenvalue weighted by molar-refractivity contribution is -0.124. The van der Waals surface area contributed by atoms with E-state index in [2.05, 4.69) is 31.5 Å². The summed E-state index contributed by atoms with van der Waals surface area (Å²) in [5.41, 5.74) is 1.79. The molecule has 0 radical (unpaired) electrons. The van der Waals surface area contributed by atoms with Crippen LogP contribution in [0, 0.1) is 0 Å². The molecule has 36 heavy (non-hydrogen) atoms. The molecule has 2 atom stereocenters. The predicted molar refractivity (Wildman–Crippen MR) is 133 cm³/mol. The van der Waals surface area contributed by atoms with Crippen LogP contribution in [0.1, 0.15) is 35.2 Å². The predicted octanol–water partition coefficient (Wildman–Crippen LogP) is 2.29. The van der Waals surface area contributed by atoms with Gasteiger partial charge in [0.1, 0.15) is 12.4 Å². The van der Waals surface area contributed by atoms with E-state index < -0.39 is 23.8 Å². The zero-order valence-electron chi connectivity index (χ0n) is 19.1. The minimum absolute atomic E-state index is 0.0961. The molecule has 1 fully saturated rings. The van der Waals surface area contributed by atoms with Crippen LogP contribution in [0.4, 0.5) is 5.69 Å². The maximum atomic E-state index is 13.0. The Morgan fingerprint density at radius 1 is 1.22 bits per heavy atom. The van der Waals surface area contributed by atoms with Gasteiger partial charge in [-0.2, -0.15) is 4.68 Å². The molecule has 4 rings (SSSR count). The highest BCUT2D eigenvalue weighted by molar-refractivity contribution is 6.30. The first kappa shape index (κ1) is 25.0. The maximum Gasteiger partial charge on any atom is 0.335 e. The van der Waals surface area contributed by atoms with Gasteiger partial charge in [0, 0.05) is 28.4 Å². The molecule has 0 bridgehead atoms. The number of nitrogens with one attached hydrogen (secondary N) is 3. The summed E-state index contributed by atoms with van der Waals surface area (Å²) in [7, 11) is 0. The molecule has 2 heterocycles. The van der Waals surface area contributed by atoms with Gasteiger partial charge in [-0.3, -0.25) is 9.59 Å². The molecule has 186 valence electrons. The van der Waals surface area contributed by atoms with Crippen molar-refractivity contribution in [2.24, 2.45) is 0 Å². The molecule has 2 amide bonds. The lowest BCUT2D eigenvalue weighted by Crippen LogP contribution is -2.46. The number of tetrazole rings is 1. The Balaban J connectivity index is 1.47. The molecular formula is C24H24ClN7O4. The van der Waals surface area contributed by atoms with Crippen molar-refractivity contribution in [2.45, 2.75) is 31.3 Å². The number of rotatable bonds is 9. The zero-order valence-corrected chi connectivity index (χ0v) is 19.9. The van der Waals surface area contributed by atoms with Gasteiger partial charge in [0.2, 0.25) is 11.8 Å². The van der Waals surface area contributed by atoms with Crippen LogP contribution in [-0.2, 0) is 9.59 Å². The SMILES string of the molecule is O=C(/C=C/c1cc(Cl)ccc1-n1cnnn1)N[C@@H](C[C@H]1CCCN1)C(=O)Nc1ccc(C(=O)O)cc1. The van der Waals surface area contributed by atoms with E-state index in [0.29, 0.717) is 28.4 Å². The summed E-state index contributed by atoms with van der Waals surface area (Å²) in [6.45, 7) is 0.859. The van der Waals surface area contributed by atoms with E-state index in [0.717, 1.165) is 19.4 Å². The summed E-state index contributed by atoms with van der Waals surface area (Å²) >= 11 is 6.13. The summed E-state index contributed by atoms with van der Waals surface area (Å²) in [5, 5.41) is 29.5. The third-order valence-electron chi connectivity index (χ3n) is 5.71. The third-order valence-corrected chi connectivity index (χ3v) is 5.95. The average Bonchev–Trinajstić information content (AvgIpc) is 3.57. The van der Waals surface area contributed by atoms with E-state index in [1.165, 1.54) is 41.4 Å². The van der Waals surface area contributed by atoms with Crippen molar-refractivity contribution in [1.82, 2.24) is 30.8 Å². The topological polar surface area (TPSA) is 151 Å². The molecule has 2 aromatic carbocycles. The minimum atomic E-state index is -1.06. The van der Waals surface area contributed by atoms with Crippen LogP contribution in [0.5, 0.6) is 0 Å². The molecule has 1 aliphatic heterocycles. The molecular weight excluding hydrogens is 486 g/mol. The summed E-state index contributed by atoms with van der Waals surface area (Å²) < 4.78 is 1.45. The Morgan fingerprint density at radius 2 is 2.03 bits per heavy atom. The van der Waals surface area contributed by atoms with Crippen LogP contribution in [-0.4, -0.2) is 61.7 Å². The molecule has 12 heteroatoms. The van der Waals surface area contributed by atoms with Crippen LogP contribution in [0.2, 0.25) is 5.02 Å². The first-order valence-corrected chi connectivity index (χ1v) is 11.7. The second kappa shape index (κ2) is 11.6. The van der Waals surface area contributed by atoms with Gasteiger partial charge in [-0.05, 0) is 84.8 Å². The van der Waals surface area contributed by atoms with Crippen LogP contribution < -0.4 is 16.0 Å². The molecule has 4 N–H and O–H groups in total. The second-order valence-corrected chi connectivity index (χ2v) is 8.69. The van der Waals surface area contributed by atoms with Crippen molar-refractivity contribution >= 4 is 41.1 Å². The Morgan fingerprint density at radius 3 is 2.69 bits per heavy atom. The molecule has 0 saturated carbocycles. The van der Waals surface area contributed by atoms with Gasteiger partial charge in [-0.1, -0.05) is 11.6 Å². The standard InChI is InChI=1S/C24H24ClN7O4/c25-17-6-9-21(32-14-27-30-31-32)16(12-17)5-10-22(33)29-20(13-19-2-1-11-26-19)23(34)28-18-7-3-15(4-8-18)24(35)36/h3-10,12,14,19-20,26H,1-2,11,13H2,(H,28,34)(H,29,33)(H,35,36)/b10-5+/t19-,20+/m1/s1. The fraction of sp³-hybridized carbons (Fsp3) is 0.250. The van der Waals surface area contributed by atoms with Crippen LogP contribution >= 0.6 is 11.6 Å². The number of nitrogens with zero attached hydrogens (tertiary/aromatic N) is 4. The number of carbonyl (C=O) groups is 3. The van der Waals surface area contributed by atoms with E-state index >= 15 is 0 Å². The van der Waals surface area contributed by atoms with Gasteiger partial charge < -0.3 is 21.1 Å². The lowest BCUT2D eigenvalue weighted by atomic mass is 10.0. The fourth-order valence-electron chi connectivity index (χ4n) is 3.92. The first-order chi connectivity index (χ1) is 17.4. The molecule has 3 aromatic rings. The lowest BCUT2D eigenvalue weighted by Gasteiger charge is -2.21. The van der Waals surface area contributed by atoms with E-state index in [1.54, 1.807) is 24.3 Å². The van der Waals surface area contributed by atoms with E-state index in [9.17, 15) is 14.4 Å². The van der Waals surface area contributed by atoms with E-state index in [4.69, 9.17) is 16.7 Å². The first-order valence-electron chi connectivity index (χ1n) is 11.3. The van der Waals surface area contributed by atoms with Crippen molar-refractivity contribution in [3.05, 3.63) is 71.0 Å². The van der Waals surface area contributed by atoms with Crippen molar-refractivity contribution in [2.75, 3.05) is 11.9 Å². The number of benzene rings is 2. The maximum absolute atomic E-state index is 13.0.